The summed E-state index contributed by atoms with van der Waals surface area (Å²) in [6.45, 7) is 7.41. The van der Waals surface area contributed by atoms with Crippen molar-refractivity contribution >= 4 is 34.4 Å². The van der Waals surface area contributed by atoms with Crippen LogP contribution in [-0.2, 0) is 15.9 Å². The highest BCUT2D eigenvalue weighted by molar-refractivity contribution is 6.29. The second kappa shape index (κ2) is 12.7. The van der Waals surface area contributed by atoms with Gasteiger partial charge in [0.15, 0.2) is 0 Å². The molecule has 2 unspecified atom stereocenters. The Balaban J connectivity index is 1.56. The molecular weight excluding hydrogens is 540 g/mol. The number of aliphatic hydroxyl groups is 1. The fourth-order valence-corrected chi connectivity index (χ4v) is 4.85. The molecule has 1 N–H and O–H groups in total. The van der Waals surface area contributed by atoms with Crippen molar-refractivity contribution in [2.75, 3.05) is 13.7 Å². The number of hydrogen-bond acceptors (Lipinski definition) is 6. The number of hydrogen-bond donors (Lipinski definition) is 1. The minimum Gasteiger partial charge on any atom is -0.465 e. The average molecular weight is 575 g/mol. The number of halogens is 1. The van der Waals surface area contributed by atoms with E-state index >= 15 is 0 Å². The van der Waals surface area contributed by atoms with Gasteiger partial charge < -0.3 is 19.5 Å². The van der Waals surface area contributed by atoms with Crippen LogP contribution in [-0.4, -0.2) is 52.4 Å². The number of ether oxygens (including phenoxy) is 2. The van der Waals surface area contributed by atoms with Crippen molar-refractivity contribution in [2.24, 2.45) is 0 Å². The number of amides is 1. The first-order valence-corrected chi connectivity index (χ1v) is 13.8. The van der Waals surface area contributed by atoms with E-state index in [4.69, 9.17) is 21.1 Å². The van der Waals surface area contributed by atoms with E-state index in [0.29, 0.717) is 22.7 Å². The molecule has 0 aliphatic carbocycles. The van der Waals surface area contributed by atoms with Crippen LogP contribution in [0.3, 0.4) is 0 Å². The summed E-state index contributed by atoms with van der Waals surface area (Å²) in [5.41, 5.74) is 3.43. The highest BCUT2D eigenvalue weighted by Gasteiger charge is 2.28. The van der Waals surface area contributed by atoms with Crippen LogP contribution in [0, 0.1) is 0 Å². The topological polar surface area (TPSA) is 89.0 Å². The van der Waals surface area contributed by atoms with E-state index in [-0.39, 0.29) is 18.6 Å². The fraction of sp³-hybridized carbons (Fsp3) is 0.303. The van der Waals surface area contributed by atoms with Gasteiger partial charge in [0.05, 0.1) is 25.3 Å². The predicted molar refractivity (Wildman–Crippen MR) is 161 cm³/mol. The Morgan fingerprint density at radius 2 is 1.66 bits per heavy atom. The van der Waals surface area contributed by atoms with Crippen molar-refractivity contribution in [1.82, 2.24) is 9.88 Å². The number of fused-ring (bicyclic) bond motifs is 1. The molecule has 41 heavy (non-hydrogen) atoms. The van der Waals surface area contributed by atoms with Crippen LogP contribution >= 0.6 is 11.6 Å². The molecule has 0 radical (unpaired) electrons. The lowest BCUT2D eigenvalue weighted by atomic mass is 9.94. The number of aromatic nitrogens is 1. The molecule has 0 fully saturated rings. The average Bonchev–Trinajstić information content (AvgIpc) is 2.94. The van der Waals surface area contributed by atoms with Crippen LogP contribution in [0.2, 0.25) is 5.15 Å². The van der Waals surface area contributed by atoms with E-state index in [2.05, 4.69) is 4.98 Å². The standard InChI is InChI=1S/C33H35ClN2O5/c1-21(36(32(39)41-33(2,3)4)20-29(37)24-14-17-30(34)35-19-24)18-22-10-12-23(13-11-22)25-15-16-28(31(38)40-5)27-9-7-6-8-26(25)27/h6-17,19,21,29,37H,18,20H2,1-5H3. The zero-order chi connectivity index (χ0) is 29.7. The second-order valence-corrected chi connectivity index (χ2v) is 11.4. The number of nitrogens with zero attached hydrogens (tertiary/aromatic N) is 2. The van der Waals surface area contributed by atoms with E-state index in [1.807, 2.05) is 82.3 Å². The van der Waals surface area contributed by atoms with Gasteiger partial charge in [-0.2, -0.15) is 0 Å². The molecule has 2 atom stereocenters. The number of pyridine rings is 1. The quantitative estimate of drug-likeness (QED) is 0.176. The molecule has 214 valence electrons. The molecule has 0 saturated carbocycles. The predicted octanol–water partition coefficient (Wildman–Crippen LogP) is 7.24. The minimum atomic E-state index is -0.960. The Bertz CT molecular complexity index is 1510. The van der Waals surface area contributed by atoms with Crippen molar-refractivity contribution in [3.63, 3.8) is 0 Å². The Hall–Kier alpha value is -3.94. The summed E-state index contributed by atoms with van der Waals surface area (Å²) in [5.74, 6) is -0.371. The number of carbonyl (C=O) groups is 2. The van der Waals surface area contributed by atoms with Gasteiger partial charge in [-0.25, -0.2) is 14.6 Å². The lowest BCUT2D eigenvalue weighted by Gasteiger charge is -2.33. The first kappa shape index (κ1) is 30.0. The molecule has 4 aromatic rings. The summed E-state index contributed by atoms with van der Waals surface area (Å²) in [5, 5.41) is 13.0. The highest BCUT2D eigenvalue weighted by atomic mass is 35.5. The maximum absolute atomic E-state index is 13.2. The summed E-state index contributed by atoms with van der Waals surface area (Å²) in [4.78, 5) is 31.1. The number of rotatable bonds is 8. The lowest BCUT2D eigenvalue weighted by Crippen LogP contribution is -2.45. The van der Waals surface area contributed by atoms with Crippen molar-refractivity contribution in [3.8, 4) is 11.1 Å². The van der Waals surface area contributed by atoms with Gasteiger partial charge in [-0.15, -0.1) is 0 Å². The van der Waals surface area contributed by atoms with Gasteiger partial charge in [0.2, 0.25) is 0 Å². The Labute approximate surface area is 245 Å². The van der Waals surface area contributed by atoms with Crippen LogP contribution in [0.5, 0.6) is 0 Å². The van der Waals surface area contributed by atoms with E-state index in [9.17, 15) is 14.7 Å². The van der Waals surface area contributed by atoms with Crippen LogP contribution in [0.15, 0.2) is 79.0 Å². The third-order valence-corrected chi connectivity index (χ3v) is 7.01. The van der Waals surface area contributed by atoms with Gasteiger partial charge >= 0.3 is 12.1 Å². The van der Waals surface area contributed by atoms with E-state index in [1.165, 1.54) is 13.3 Å². The molecule has 1 heterocycles. The van der Waals surface area contributed by atoms with Crippen molar-refractivity contribution < 1.29 is 24.2 Å². The monoisotopic (exact) mass is 574 g/mol. The van der Waals surface area contributed by atoms with Crippen LogP contribution in [0.25, 0.3) is 21.9 Å². The Morgan fingerprint density at radius 3 is 2.27 bits per heavy atom. The third-order valence-electron chi connectivity index (χ3n) is 6.79. The van der Waals surface area contributed by atoms with E-state index in [1.54, 1.807) is 23.1 Å². The van der Waals surface area contributed by atoms with Gasteiger partial charge in [0, 0.05) is 17.8 Å². The summed E-state index contributed by atoms with van der Waals surface area (Å²) < 4.78 is 10.6. The van der Waals surface area contributed by atoms with Crippen molar-refractivity contribution in [1.29, 1.82) is 0 Å². The zero-order valence-electron chi connectivity index (χ0n) is 23.9. The van der Waals surface area contributed by atoms with Gasteiger partial charge in [0.25, 0.3) is 0 Å². The molecule has 0 bridgehead atoms. The maximum atomic E-state index is 13.2. The number of aliphatic hydroxyl groups excluding tert-OH is 1. The smallest absolute Gasteiger partial charge is 0.410 e. The molecular formula is C33H35ClN2O5. The number of methoxy groups -OCH3 is 1. The number of carbonyl (C=O) groups excluding carboxylic acids is 2. The second-order valence-electron chi connectivity index (χ2n) is 11.0. The Kier molecular flexibility index (Phi) is 9.31. The van der Waals surface area contributed by atoms with E-state index < -0.39 is 17.8 Å². The van der Waals surface area contributed by atoms with E-state index in [0.717, 1.165) is 27.5 Å². The van der Waals surface area contributed by atoms with Crippen molar-refractivity contribution in [2.45, 2.75) is 51.9 Å². The number of esters is 1. The summed E-state index contributed by atoms with van der Waals surface area (Å²) >= 11 is 5.89. The molecule has 7 nitrogen and oxygen atoms in total. The lowest BCUT2D eigenvalue weighted by molar-refractivity contribution is 0.00543. The van der Waals surface area contributed by atoms with Gasteiger partial charge in [-0.05, 0) is 73.7 Å². The summed E-state index contributed by atoms with van der Waals surface area (Å²) in [6, 6.07) is 22.6. The van der Waals surface area contributed by atoms with Crippen LogP contribution in [0.1, 0.15) is 55.3 Å². The SMILES string of the molecule is COC(=O)c1ccc(-c2ccc(CC(C)N(CC(O)c3ccc(Cl)nc3)C(=O)OC(C)(C)C)cc2)c2ccccc12. The number of benzene rings is 3. The summed E-state index contributed by atoms with van der Waals surface area (Å²) in [7, 11) is 1.38. The minimum absolute atomic E-state index is 0.0377. The van der Waals surface area contributed by atoms with Gasteiger partial charge in [0.1, 0.15) is 10.8 Å². The first-order chi connectivity index (χ1) is 19.5. The Morgan fingerprint density at radius 1 is 0.976 bits per heavy atom. The largest absolute Gasteiger partial charge is 0.465 e. The fourth-order valence-electron chi connectivity index (χ4n) is 4.74. The first-order valence-electron chi connectivity index (χ1n) is 13.5. The van der Waals surface area contributed by atoms with Gasteiger partial charge in [-0.1, -0.05) is 72.3 Å². The molecule has 0 saturated heterocycles. The molecule has 3 aromatic carbocycles. The molecule has 8 heteroatoms. The van der Waals surface area contributed by atoms with Gasteiger partial charge in [-0.3, -0.25) is 0 Å². The third kappa shape index (κ3) is 7.43. The molecule has 1 aromatic heterocycles. The summed E-state index contributed by atoms with van der Waals surface area (Å²) in [6.07, 6.45) is 0.594. The zero-order valence-corrected chi connectivity index (χ0v) is 24.7. The molecule has 0 aliphatic rings. The molecule has 0 aliphatic heterocycles. The van der Waals surface area contributed by atoms with Crippen LogP contribution < -0.4 is 0 Å². The van der Waals surface area contributed by atoms with Crippen molar-refractivity contribution in [3.05, 3.63) is 101 Å². The van der Waals surface area contributed by atoms with Crippen LogP contribution in [0.4, 0.5) is 4.79 Å². The normalized spacial score (nSPS) is 13.0. The maximum Gasteiger partial charge on any atom is 0.410 e. The molecule has 4 rings (SSSR count). The molecule has 0 spiro atoms. The highest BCUT2D eigenvalue weighted by Crippen LogP contribution is 2.32. The molecule has 1 amide bonds.